The number of hydrogen-bond acceptors (Lipinski definition) is 4. The van der Waals surface area contributed by atoms with Crippen LogP contribution in [0.5, 0.6) is 0 Å². The molecule has 2 heterocycles. The van der Waals surface area contributed by atoms with E-state index in [4.69, 9.17) is 0 Å². The van der Waals surface area contributed by atoms with Crippen LogP contribution in [0.1, 0.15) is 5.56 Å². The summed E-state index contributed by atoms with van der Waals surface area (Å²) in [6, 6.07) is 2.56. The smallest absolute Gasteiger partial charge is 0.273 e. The van der Waals surface area contributed by atoms with E-state index in [2.05, 4.69) is 4.98 Å². The molecule has 0 aliphatic carbocycles. The topological polar surface area (TPSA) is 88.2 Å². The second-order valence-corrected chi connectivity index (χ2v) is 3.08. The summed E-state index contributed by atoms with van der Waals surface area (Å²) in [6.45, 7) is 0. The number of barbiturate groups is 1. The number of nitrogens with one attached hydrogen (secondary N) is 2. The number of nitrogens with zero attached hydrogens (tertiary/aromatic N) is 1. The molecule has 1 aromatic rings. The van der Waals surface area contributed by atoms with Gasteiger partial charge in [-0.15, -0.1) is 0 Å². The molecule has 2 N–H and O–H groups in total. The Labute approximate surface area is 90.4 Å². The van der Waals surface area contributed by atoms with E-state index in [0.29, 0.717) is 5.56 Å². The number of hydrogen-bond donors (Lipinski definition) is 2. The van der Waals surface area contributed by atoms with Gasteiger partial charge in [0.2, 0.25) is 0 Å². The number of urea groups is 1. The number of carbonyl (C=O) groups excluding carboxylic acids is 3. The number of aromatic nitrogens is 1. The molecule has 6 heteroatoms. The first-order valence-corrected chi connectivity index (χ1v) is 4.45. The van der Waals surface area contributed by atoms with Crippen LogP contribution in [0.3, 0.4) is 0 Å². The molecule has 0 unspecified atom stereocenters. The Kier molecular flexibility index (Phi) is 2.47. The summed E-state index contributed by atoms with van der Waals surface area (Å²) in [5.41, 5.74) is 0.491. The SMILES string of the molecule is O=C1NC(=O)C(=Cc2cccnc2)C(=O)N1. The molecular weight excluding hydrogens is 210 g/mol. The van der Waals surface area contributed by atoms with Crippen LogP contribution in [0.2, 0.25) is 0 Å². The lowest BCUT2D eigenvalue weighted by Crippen LogP contribution is -2.51. The predicted molar refractivity (Wildman–Crippen MR) is 53.9 cm³/mol. The summed E-state index contributed by atoms with van der Waals surface area (Å²) in [5, 5.41) is 3.96. The van der Waals surface area contributed by atoms with Gasteiger partial charge in [-0.3, -0.25) is 25.2 Å². The maximum absolute atomic E-state index is 11.3. The van der Waals surface area contributed by atoms with Crippen molar-refractivity contribution in [2.75, 3.05) is 0 Å². The van der Waals surface area contributed by atoms with Crippen LogP contribution in [-0.4, -0.2) is 22.8 Å². The first kappa shape index (κ1) is 10.0. The van der Waals surface area contributed by atoms with Gasteiger partial charge < -0.3 is 0 Å². The van der Waals surface area contributed by atoms with Gasteiger partial charge in [0.05, 0.1) is 0 Å². The van der Waals surface area contributed by atoms with Crippen molar-refractivity contribution in [3.63, 3.8) is 0 Å². The van der Waals surface area contributed by atoms with E-state index < -0.39 is 17.8 Å². The minimum Gasteiger partial charge on any atom is -0.273 e. The number of rotatable bonds is 1. The van der Waals surface area contributed by atoms with Crippen LogP contribution in [0.4, 0.5) is 4.79 Å². The second-order valence-electron chi connectivity index (χ2n) is 3.08. The zero-order chi connectivity index (χ0) is 11.5. The molecule has 0 atom stereocenters. The molecule has 1 aliphatic heterocycles. The van der Waals surface area contributed by atoms with E-state index in [0.717, 1.165) is 0 Å². The summed E-state index contributed by atoms with van der Waals surface area (Å²) in [6.07, 6.45) is 4.45. The van der Waals surface area contributed by atoms with Crippen molar-refractivity contribution in [1.82, 2.24) is 15.6 Å². The molecule has 2 rings (SSSR count). The lowest BCUT2D eigenvalue weighted by Gasteiger charge is -2.13. The van der Waals surface area contributed by atoms with Crippen molar-refractivity contribution in [1.29, 1.82) is 0 Å². The van der Waals surface area contributed by atoms with E-state index in [1.165, 1.54) is 12.3 Å². The Morgan fingerprint density at radius 2 is 1.81 bits per heavy atom. The van der Waals surface area contributed by atoms with Gasteiger partial charge in [-0.05, 0) is 17.7 Å². The van der Waals surface area contributed by atoms with Gasteiger partial charge in [0, 0.05) is 12.4 Å². The van der Waals surface area contributed by atoms with Gasteiger partial charge in [0.1, 0.15) is 5.57 Å². The van der Waals surface area contributed by atoms with Gasteiger partial charge in [-0.2, -0.15) is 0 Å². The van der Waals surface area contributed by atoms with E-state index in [1.807, 2.05) is 10.6 Å². The van der Waals surface area contributed by atoms with Gasteiger partial charge in [-0.1, -0.05) is 6.07 Å². The molecule has 80 valence electrons. The van der Waals surface area contributed by atoms with Crippen LogP contribution < -0.4 is 10.6 Å². The summed E-state index contributed by atoms with van der Waals surface area (Å²) < 4.78 is 0. The molecule has 1 aliphatic rings. The van der Waals surface area contributed by atoms with Crippen molar-refractivity contribution in [3.05, 3.63) is 35.7 Å². The first-order valence-electron chi connectivity index (χ1n) is 4.45. The molecule has 16 heavy (non-hydrogen) atoms. The molecule has 0 aromatic carbocycles. The normalized spacial score (nSPS) is 15.5. The van der Waals surface area contributed by atoms with E-state index in [9.17, 15) is 14.4 Å². The van der Waals surface area contributed by atoms with Crippen LogP contribution in [0.15, 0.2) is 30.1 Å². The monoisotopic (exact) mass is 217 g/mol. The van der Waals surface area contributed by atoms with Crippen molar-refractivity contribution >= 4 is 23.9 Å². The third-order valence-electron chi connectivity index (χ3n) is 1.94. The van der Waals surface area contributed by atoms with Crippen LogP contribution in [0.25, 0.3) is 6.08 Å². The standard InChI is InChI=1S/C10H7N3O3/c14-8-7(9(15)13-10(16)12-8)4-6-2-1-3-11-5-6/h1-5H,(H2,12,13,14,15,16). The van der Waals surface area contributed by atoms with Gasteiger partial charge in [-0.25, -0.2) is 4.79 Å². The lowest BCUT2D eigenvalue weighted by atomic mass is 10.1. The predicted octanol–water partition coefficient (Wildman–Crippen LogP) is -0.169. The fraction of sp³-hybridized carbons (Fsp3) is 0. The third-order valence-corrected chi connectivity index (χ3v) is 1.94. The summed E-state index contributed by atoms with van der Waals surface area (Å²) >= 11 is 0. The fourth-order valence-electron chi connectivity index (χ4n) is 1.23. The largest absolute Gasteiger partial charge is 0.328 e. The maximum atomic E-state index is 11.3. The van der Waals surface area contributed by atoms with Gasteiger partial charge in [0.15, 0.2) is 0 Å². The fourth-order valence-corrected chi connectivity index (χ4v) is 1.23. The Hall–Kier alpha value is -2.50. The van der Waals surface area contributed by atoms with Crippen molar-refractivity contribution in [2.24, 2.45) is 0 Å². The highest BCUT2D eigenvalue weighted by atomic mass is 16.2. The highest BCUT2D eigenvalue weighted by molar-refractivity contribution is 6.31. The van der Waals surface area contributed by atoms with Crippen molar-refractivity contribution in [2.45, 2.75) is 0 Å². The van der Waals surface area contributed by atoms with E-state index >= 15 is 0 Å². The lowest BCUT2D eigenvalue weighted by molar-refractivity contribution is -0.123. The molecular formula is C10H7N3O3. The second kappa shape index (κ2) is 3.93. The summed E-state index contributed by atoms with van der Waals surface area (Å²) in [4.78, 5) is 37.3. The third kappa shape index (κ3) is 1.95. The summed E-state index contributed by atoms with van der Waals surface area (Å²) in [5.74, 6) is -1.42. The van der Waals surface area contributed by atoms with E-state index in [1.54, 1.807) is 18.3 Å². The number of carbonyl (C=O) groups is 3. The molecule has 1 fully saturated rings. The minimum absolute atomic E-state index is 0.118. The zero-order valence-corrected chi connectivity index (χ0v) is 8.06. The molecule has 1 aromatic heterocycles. The average Bonchev–Trinajstić information content (AvgIpc) is 2.25. The zero-order valence-electron chi connectivity index (χ0n) is 8.06. The first-order chi connectivity index (χ1) is 7.66. The van der Waals surface area contributed by atoms with Gasteiger partial charge in [0.25, 0.3) is 11.8 Å². The van der Waals surface area contributed by atoms with Crippen LogP contribution in [0, 0.1) is 0 Å². The number of amides is 4. The minimum atomic E-state index is -0.807. The molecule has 0 saturated carbocycles. The molecule has 0 bridgehead atoms. The quantitative estimate of drug-likeness (QED) is 0.505. The number of imide groups is 2. The molecule has 1 saturated heterocycles. The maximum Gasteiger partial charge on any atom is 0.328 e. The molecule has 0 radical (unpaired) electrons. The summed E-state index contributed by atoms with van der Waals surface area (Å²) in [7, 11) is 0. The molecule has 0 spiro atoms. The molecule has 6 nitrogen and oxygen atoms in total. The Balaban J connectivity index is 2.33. The van der Waals surface area contributed by atoms with Crippen LogP contribution in [-0.2, 0) is 9.59 Å². The van der Waals surface area contributed by atoms with E-state index in [-0.39, 0.29) is 5.57 Å². The average molecular weight is 217 g/mol. The van der Waals surface area contributed by atoms with Crippen molar-refractivity contribution < 1.29 is 14.4 Å². The Morgan fingerprint density at radius 3 is 2.38 bits per heavy atom. The number of pyridine rings is 1. The Morgan fingerprint density at radius 1 is 1.12 bits per heavy atom. The Bertz CT molecular complexity index is 471. The van der Waals surface area contributed by atoms with Crippen molar-refractivity contribution in [3.8, 4) is 0 Å². The molecule has 4 amide bonds. The van der Waals surface area contributed by atoms with Crippen LogP contribution >= 0.6 is 0 Å². The highest BCUT2D eigenvalue weighted by Crippen LogP contribution is 2.07. The highest BCUT2D eigenvalue weighted by Gasteiger charge is 2.27. The van der Waals surface area contributed by atoms with Gasteiger partial charge >= 0.3 is 6.03 Å².